The Balaban J connectivity index is 0.927. The molecule has 12 aromatic carbocycles. The molecule has 0 N–H and O–H groups in total. The van der Waals surface area contributed by atoms with Crippen LogP contribution in [0.1, 0.15) is 0 Å². The Bertz CT molecular complexity index is 5370. The van der Waals surface area contributed by atoms with Gasteiger partial charge in [-0.3, -0.25) is 0 Å². The Morgan fingerprint density at radius 3 is 0.942 bits per heavy atom. The Labute approximate surface area is 493 Å². The molecule has 8 nitrogen and oxygen atoms in total. The minimum atomic E-state index is -0.569. The van der Waals surface area contributed by atoms with Crippen molar-refractivity contribution >= 4 is 76.4 Å². The number of fused-ring (bicyclic) bond motifs is 10. The highest BCUT2D eigenvalue weighted by molar-refractivity contribution is 6.13. The Morgan fingerprint density at radius 2 is 0.570 bits per heavy atom. The molecule has 17 aromatic rings. The van der Waals surface area contributed by atoms with Crippen molar-refractivity contribution in [3.8, 4) is 84.6 Å². The van der Waals surface area contributed by atoms with Crippen molar-refractivity contribution in [1.29, 1.82) is 0 Å². The molecule has 5 heterocycles. The van der Waals surface area contributed by atoms with Crippen molar-refractivity contribution in [3.63, 3.8) is 0 Å². The topological polar surface area (TPSA) is 83.7 Å². The number of nitrogens with zero attached hydrogens (tertiary/aromatic N) is 6. The molecule has 0 fully saturated rings. The van der Waals surface area contributed by atoms with Crippen molar-refractivity contribution in [2.24, 2.45) is 0 Å². The van der Waals surface area contributed by atoms with Gasteiger partial charge in [0.25, 0.3) is 0 Å². The number of hydrogen-bond donors (Lipinski definition) is 0. The van der Waals surface area contributed by atoms with Gasteiger partial charge >= 0.3 is 5.63 Å². The Kier molecular flexibility index (Phi) is 11.2. The first-order valence-electron chi connectivity index (χ1n) is 28.9. The van der Waals surface area contributed by atoms with Gasteiger partial charge in [-0.25, -0.2) is 19.7 Å². The van der Waals surface area contributed by atoms with Crippen LogP contribution in [0.3, 0.4) is 0 Å². The zero-order valence-electron chi connectivity index (χ0n) is 46.2. The molecule has 0 unspecified atom stereocenters. The van der Waals surface area contributed by atoms with Crippen LogP contribution in [0.5, 0.6) is 0 Å². The lowest BCUT2D eigenvalue weighted by atomic mass is 9.87. The quantitative estimate of drug-likeness (QED) is 0.135. The summed E-state index contributed by atoms with van der Waals surface area (Å²) in [6.45, 7) is 0. The molecule has 0 aliphatic heterocycles. The maximum atomic E-state index is 15.2. The minimum Gasteiger partial charge on any atom is -0.421 e. The van der Waals surface area contributed by atoms with Crippen LogP contribution < -0.4 is 5.63 Å². The zero-order chi connectivity index (χ0) is 56.8. The lowest BCUT2D eigenvalue weighted by molar-refractivity contribution is 0.564. The summed E-state index contributed by atoms with van der Waals surface area (Å²) in [5, 5.41) is 7.87. The molecule has 86 heavy (non-hydrogen) atoms. The van der Waals surface area contributed by atoms with Gasteiger partial charge in [-0.1, -0.05) is 206 Å². The molecule has 0 spiro atoms. The third kappa shape index (κ3) is 7.85. The number of rotatable bonds is 9. The van der Waals surface area contributed by atoms with Crippen LogP contribution in [0.4, 0.5) is 0 Å². The fraction of sp³-hybridized carbons (Fsp3) is 0. The average molecular weight is 1100 g/mol. The van der Waals surface area contributed by atoms with E-state index in [1.807, 2.05) is 66.7 Å². The van der Waals surface area contributed by atoms with E-state index in [0.29, 0.717) is 17.2 Å². The predicted octanol–water partition coefficient (Wildman–Crippen LogP) is 19.3. The van der Waals surface area contributed by atoms with Crippen molar-refractivity contribution in [2.45, 2.75) is 0 Å². The summed E-state index contributed by atoms with van der Waals surface area (Å²) in [5.41, 5.74) is 16.9. The SMILES string of the molecule is O=c1oc2c(-c3ccc(-n4c5ccccc5c5ccccc54)cc3)cc(-c3ccc(-n4c5ccccc5c5ccccc54)cc3)c(-c3ccc(-n4c5ccccc5c5ccccc54)cc3)c2cc1-c1nc(-c2ccccc2)nc(-c2ccccc2)n1. The van der Waals surface area contributed by atoms with E-state index in [4.69, 9.17) is 19.4 Å². The van der Waals surface area contributed by atoms with Crippen LogP contribution in [-0.4, -0.2) is 28.7 Å². The van der Waals surface area contributed by atoms with E-state index in [0.717, 1.165) is 100 Å². The summed E-state index contributed by atoms with van der Waals surface area (Å²) in [5.74, 6) is 1.09. The van der Waals surface area contributed by atoms with E-state index < -0.39 is 5.63 Å². The maximum absolute atomic E-state index is 15.2. The van der Waals surface area contributed by atoms with Crippen LogP contribution in [0, 0.1) is 0 Å². The number of para-hydroxylation sites is 6. The van der Waals surface area contributed by atoms with Crippen LogP contribution in [-0.2, 0) is 0 Å². The molecule has 0 bridgehead atoms. The van der Waals surface area contributed by atoms with E-state index >= 15 is 4.79 Å². The van der Waals surface area contributed by atoms with E-state index in [-0.39, 0.29) is 11.4 Å². The second-order valence-corrected chi connectivity index (χ2v) is 21.8. The normalized spacial score (nSPS) is 11.8. The third-order valence-corrected chi connectivity index (χ3v) is 17.0. The van der Waals surface area contributed by atoms with Gasteiger partial charge < -0.3 is 18.1 Å². The number of hydrogen-bond acceptors (Lipinski definition) is 5. The monoisotopic (exact) mass is 1100 g/mol. The fourth-order valence-electron chi connectivity index (χ4n) is 13.1. The van der Waals surface area contributed by atoms with Crippen molar-refractivity contribution in [3.05, 3.63) is 302 Å². The summed E-state index contributed by atoms with van der Waals surface area (Å²) in [6, 6.07) is 101. The fourth-order valence-corrected chi connectivity index (χ4v) is 13.1. The largest absolute Gasteiger partial charge is 0.421 e. The molecule has 5 aromatic heterocycles. The number of benzene rings is 12. The molecule has 0 radical (unpaired) electrons. The third-order valence-electron chi connectivity index (χ3n) is 17.0. The highest BCUT2D eigenvalue weighted by atomic mass is 16.4. The Morgan fingerprint density at radius 1 is 0.256 bits per heavy atom. The summed E-state index contributed by atoms with van der Waals surface area (Å²) in [7, 11) is 0. The minimum absolute atomic E-state index is 0.207. The first-order chi connectivity index (χ1) is 42.6. The van der Waals surface area contributed by atoms with Gasteiger partial charge in [0.2, 0.25) is 0 Å². The zero-order valence-corrected chi connectivity index (χ0v) is 46.2. The smallest absolute Gasteiger partial charge is 0.347 e. The molecular weight excluding hydrogens is 1050 g/mol. The highest BCUT2D eigenvalue weighted by Gasteiger charge is 2.25. The molecule has 0 amide bonds. The molecule has 402 valence electrons. The first-order valence-corrected chi connectivity index (χ1v) is 28.9. The van der Waals surface area contributed by atoms with Gasteiger partial charge in [0.05, 0.1) is 33.1 Å². The molecular formula is C78H48N6O2. The molecule has 0 aliphatic carbocycles. The predicted molar refractivity (Wildman–Crippen MR) is 352 cm³/mol. The van der Waals surface area contributed by atoms with Crippen molar-refractivity contribution < 1.29 is 4.42 Å². The van der Waals surface area contributed by atoms with Gasteiger partial charge in [0.1, 0.15) is 11.1 Å². The summed E-state index contributed by atoms with van der Waals surface area (Å²) in [4.78, 5) is 30.4. The van der Waals surface area contributed by atoms with E-state index in [1.165, 1.54) is 32.3 Å². The van der Waals surface area contributed by atoms with E-state index in [1.54, 1.807) is 0 Å². The summed E-state index contributed by atoms with van der Waals surface area (Å²) < 4.78 is 13.8. The van der Waals surface area contributed by atoms with Gasteiger partial charge in [0, 0.05) is 77.0 Å². The van der Waals surface area contributed by atoms with Crippen molar-refractivity contribution in [2.75, 3.05) is 0 Å². The summed E-state index contributed by atoms with van der Waals surface area (Å²) >= 11 is 0. The Hall–Kier alpha value is -11.7. The second kappa shape index (κ2) is 19.7. The first kappa shape index (κ1) is 48.9. The summed E-state index contributed by atoms with van der Waals surface area (Å²) in [6.07, 6.45) is 0. The second-order valence-electron chi connectivity index (χ2n) is 21.8. The molecule has 17 rings (SSSR count). The molecule has 8 heteroatoms. The molecule has 0 saturated heterocycles. The molecule has 0 saturated carbocycles. The van der Waals surface area contributed by atoms with E-state index in [9.17, 15) is 0 Å². The lowest BCUT2D eigenvalue weighted by Gasteiger charge is -2.19. The van der Waals surface area contributed by atoms with Gasteiger partial charge in [0.15, 0.2) is 17.5 Å². The lowest BCUT2D eigenvalue weighted by Crippen LogP contribution is -2.09. The van der Waals surface area contributed by atoms with E-state index in [2.05, 4.69) is 238 Å². The van der Waals surface area contributed by atoms with Crippen LogP contribution in [0.25, 0.3) is 161 Å². The van der Waals surface area contributed by atoms with Crippen molar-refractivity contribution in [1.82, 2.24) is 28.7 Å². The van der Waals surface area contributed by atoms with Gasteiger partial charge in [-0.05, 0) is 107 Å². The molecule has 0 atom stereocenters. The standard InChI is InChI=1S/C78H48N6O2/c85-78-66(77-80-75(52-19-3-1-4-20-52)79-76(81-77)53-21-5-2-6-22-53)48-65-73(51-39-45-56(46-40-51)84-71-33-17-11-27-61(71)62-28-12-18-34-72(62)84)63(49-35-41-54(42-36-49)82-67-29-13-7-23-57(67)58-24-8-14-30-68(58)82)47-64(74(65)86-78)50-37-43-55(44-38-50)83-69-31-15-9-25-59(69)60-26-10-16-32-70(60)83/h1-48H. The number of aromatic nitrogens is 6. The molecule has 0 aliphatic rings. The average Bonchev–Trinajstić information content (AvgIpc) is 1.30. The van der Waals surface area contributed by atoms with Crippen LogP contribution >= 0.6 is 0 Å². The maximum Gasteiger partial charge on any atom is 0.347 e. The van der Waals surface area contributed by atoms with Crippen LogP contribution in [0.15, 0.2) is 300 Å². The van der Waals surface area contributed by atoms with Gasteiger partial charge in [-0.2, -0.15) is 0 Å². The highest BCUT2D eigenvalue weighted by Crippen LogP contribution is 2.46. The van der Waals surface area contributed by atoms with Crippen LogP contribution in [0.2, 0.25) is 0 Å². The van der Waals surface area contributed by atoms with Gasteiger partial charge in [-0.15, -0.1) is 0 Å².